The van der Waals surface area contributed by atoms with E-state index in [0.717, 1.165) is 5.56 Å². The number of rotatable bonds is 2. The molecule has 3 heterocycles. The average Bonchev–Trinajstić information content (AvgIpc) is 3.14. The second-order valence-electron chi connectivity index (χ2n) is 6.52. The van der Waals surface area contributed by atoms with Crippen LogP contribution in [0.25, 0.3) is 0 Å². The lowest BCUT2D eigenvalue weighted by atomic mass is 9.72. The predicted octanol–water partition coefficient (Wildman–Crippen LogP) is 0.819. The number of carbonyl (C=O) groups is 2. The van der Waals surface area contributed by atoms with Gasteiger partial charge in [-0.3, -0.25) is 14.9 Å². The summed E-state index contributed by atoms with van der Waals surface area (Å²) in [6.07, 6.45) is -1.10. The van der Waals surface area contributed by atoms with Crippen LogP contribution in [0.5, 0.6) is 0 Å². The van der Waals surface area contributed by atoms with E-state index in [2.05, 4.69) is 5.32 Å². The van der Waals surface area contributed by atoms with Crippen LogP contribution >= 0.6 is 0 Å². The molecule has 1 aromatic carbocycles. The second-order valence-corrected chi connectivity index (χ2v) is 6.52. The van der Waals surface area contributed by atoms with Crippen molar-refractivity contribution in [1.29, 1.82) is 0 Å². The molecule has 0 spiro atoms. The molecule has 0 saturated carbocycles. The highest BCUT2D eigenvalue weighted by Gasteiger charge is 2.66. The third-order valence-electron chi connectivity index (χ3n) is 5.31. The minimum atomic E-state index is -0.987. The van der Waals surface area contributed by atoms with E-state index in [1.165, 1.54) is 7.11 Å². The van der Waals surface area contributed by atoms with Crippen molar-refractivity contribution in [2.24, 2.45) is 11.8 Å². The molecule has 0 aliphatic carbocycles. The number of hydrogen-bond acceptors (Lipinski definition) is 6. The van der Waals surface area contributed by atoms with Gasteiger partial charge in [-0.1, -0.05) is 30.3 Å². The van der Waals surface area contributed by atoms with Gasteiger partial charge >= 0.3 is 5.97 Å². The zero-order valence-electron chi connectivity index (χ0n) is 13.0. The van der Waals surface area contributed by atoms with Gasteiger partial charge in [-0.25, -0.2) is 0 Å². The molecular weight excluding hydrogens is 298 g/mol. The number of hydrogen-bond donors (Lipinski definition) is 1. The molecule has 23 heavy (non-hydrogen) atoms. The van der Waals surface area contributed by atoms with Gasteiger partial charge < -0.3 is 14.2 Å². The maximum Gasteiger partial charge on any atom is 0.326 e. The first-order valence-corrected chi connectivity index (χ1v) is 7.78. The van der Waals surface area contributed by atoms with Gasteiger partial charge in [0.25, 0.3) is 0 Å². The lowest BCUT2D eigenvalue weighted by Crippen LogP contribution is -2.56. The first kappa shape index (κ1) is 14.8. The number of fused-ring (bicyclic) bond motifs is 4. The van der Waals surface area contributed by atoms with E-state index in [1.807, 2.05) is 30.3 Å². The Morgan fingerprint density at radius 1 is 1.35 bits per heavy atom. The normalized spacial score (nSPS) is 41.7. The predicted molar refractivity (Wildman–Crippen MR) is 79.3 cm³/mol. The number of Topliss-reactive ketones (excluding diaryl/α,β-unsaturated/α-hetero) is 1. The van der Waals surface area contributed by atoms with Gasteiger partial charge in [0.05, 0.1) is 25.7 Å². The minimum absolute atomic E-state index is 0.0993. The van der Waals surface area contributed by atoms with E-state index in [4.69, 9.17) is 14.2 Å². The third kappa shape index (κ3) is 1.99. The fraction of sp³-hybridized carbons (Fsp3) is 0.529. The zero-order valence-corrected chi connectivity index (χ0v) is 13.0. The first-order chi connectivity index (χ1) is 11.1. The van der Waals surface area contributed by atoms with Crippen LogP contribution in [0, 0.1) is 11.8 Å². The van der Waals surface area contributed by atoms with E-state index >= 15 is 0 Å². The summed E-state index contributed by atoms with van der Waals surface area (Å²) in [6, 6.07) is 9.44. The Bertz CT molecular complexity index is 648. The molecule has 3 saturated heterocycles. The van der Waals surface area contributed by atoms with Crippen LogP contribution in [-0.4, -0.2) is 43.4 Å². The number of benzene rings is 1. The number of ether oxygens (including phenoxy) is 3. The van der Waals surface area contributed by atoms with Gasteiger partial charge in [-0.2, -0.15) is 0 Å². The van der Waals surface area contributed by atoms with Crippen molar-refractivity contribution in [2.75, 3.05) is 13.7 Å². The molecule has 1 aromatic rings. The summed E-state index contributed by atoms with van der Waals surface area (Å²) in [6.45, 7) is 2.11. The molecule has 3 aliphatic rings. The Balaban J connectivity index is 1.81. The van der Waals surface area contributed by atoms with Crippen LogP contribution in [0.2, 0.25) is 0 Å². The smallest absolute Gasteiger partial charge is 0.326 e. The van der Waals surface area contributed by atoms with Crippen LogP contribution in [0.3, 0.4) is 0 Å². The topological polar surface area (TPSA) is 73.9 Å². The quantitative estimate of drug-likeness (QED) is 0.814. The average molecular weight is 317 g/mol. The van der Waals surface area contributed by atoms with E-state index in [-0.39, 0.29) is 35.7 Å². The summed E-state index contributed by atoms with van der Waals surface area (Å²) >= 11 is 0. The summed E-state index contributed by atoms with van der Waals surface area (Å²) in [5.41, 5.74) is -0.0105. The molecule has 0 aromatic heterocycles. The van der Waals surface area contributed by atoms with Crippen molar-refractivity contribution in [2.45, 2.75) is 30.9 Å². The largest absolute Gasteiger partial charge is 0.468 e. The molecule has 1 N–H and O–H groups in total. The highest BCUT2D eigenvalue weighted by Crippen LogP contribution is 2.51. The van der Waals surface area contributed by atoms with E-state index in [0.29, 0.717) is 6.61 Å². The molecule has 122 valence electrons. The molecule has 3 aliphatic heterocycles. The molecular formula is C17H19NO5. The van der Waals surface area contributed by atoms with Crippen LogP contribution in [0.15, 0.2) is 30.3 Å². The summed E-state index contributed by atoms with van der Waals surface area (Å²) < 4.78 is 16.1. The Morgan fingerprint density at radius 2 is 2.09 bits per heavy atom. The Morgan fingerprint density at radius 3 is 2.78 bits per heavy atom. The fourth-order valence-electron chi connectivity index (χ4n) is 4.29. The van der Waals surface area contributed by atoms with Crippen molar-refractivity contribution in [3.8, 4) is 0 Å². The minimum Gasteiger partial charge on any atom is -0.468 e. The number of carbonyl (C=O) groups excluding carboxylic acids is 2. The Labute approximate surface area is 134 Å². The second kappa shape index (κ2) is 5.12. The van der Waals surface area contributed by atoms with Crippen LogP contribution < -0.4 is 5.32 Å². The Kier molecular flexibility index (Phi) is 3.30. The maximum absolute atomic E-state index is 12.8. The molecule has 0 radical (unpaired) electrons. The van der Waals surface area contributed by atoms with Crippen molar-refractivity contribution in [1.82, 2.24) is 5.32 Å². The molecule has 4 rings (SSSR count). The van der Waals surface area contributed by atoms with E-state index in [1.54, 1.807) is 6.92 Å². The van der Waals surface area contributed by atoms with Gasteiger partial charge in [0.2, 0.25) is 6.29 Å². The Hall–Kier alpha value is -1.76. The van der Waals surface area contributed by atoms with Gasteiger partial charge in [0.15, 0.2) is 5.78 Å². The first-order valence-electron chi connectivity index (χ1n) is 7.78. The number of methoxy groups -OCH3 is 1. The van der Waals surface area contributed by atoms with Gasteiger partial charge in [-0.15, -0.1) is 0 Å². The molecule has 0 unspecified atom stereocenters. The van der Waals surface area contributed by atoms with E-state index < -0.39 is 11.8 Å². The lowest BCUT2D eigenvalue weighted by Gasteiger charge is -2.36. The third-order valence-corrected chi connectivity index (χ3v) is 5.31. The molecule has 0 amide bonds. The van der Waals surface area contributed by atoms with Gasteiger partial charge in [-0.05, 0) is 12.5 Å². The SMILES string of the molecule is COC(=O)[C@@]1(C)N[C@@H](c2ccccc2)[C@H]2C(=O)[C@@H]3OC[C@@H](O3)[C@H]21. The van der Waals surface area contributed by atoms with Crippen LogP contribution in [0.1, 0.15) is 18.5 Å². The lowest BCUT2D eigenvalue weighted by molar-refractivity contribution is -0.170. The highest BCUT2D eigenvalue weighted by molar-refractivity contribution is 5.91. The molecule has 6 heteroatoms. The maximum atomic E-state index is 12.8. The standard InChI is InChI=1S/C17H19NO5/c1-17(16(20)21-2)12-10-8-22-15(23-10)14(19)11(12)13(18-17)9-6-4-3-5-7-9/h3-7,10-13,15,18H,8H2,1-2H3/t10-,11+,12-,13+,15-,17+/m1/s1. The molecule has 2 bridgehead atoms. The highest BCUT2D eigenvalue weighted by atomic mass is 16.7. The van der Waals surface area contributed by atoms with Crippen molar-refractivity contribution >= 4 is 11.8 Å². The van der Waals surface area contributed by atoms with Crippen molar-refractivity contribution in [3.63, 3.8) is 0 Å². The zero-order chi connectivity index (χ0) is 16.2. The van der Waals surface area contributed by atoms with Gasteiger partial charge in [0, 0.05) is 12.0 Å². The summed E-state index contributed by atoms with van der Waals surface area (Å²) in [7, 11) is 1.36. The summed E-state index contributed by atoms with van der Waals surface area (Å²) in [5.74, 6) is -1.16. The van der Waals surface area contributed by atoms with Crippen molar-refractivity contribution in [3.05, 3.63) is 35.9 Å². The van der Waals surface area contributed by atoms with Crippen LogP contribution in [0.4, 0.5) is 0 Å². The van der Waals surface area contributed by atoms with Crippen molar-refractivity contribution < 1.29 is 23.8 Å². The molecule has 6 atom stereocenters. The monoisotopic (exact) mass is 317 g/mol. The number of esters is 1. The van der Waals surface area contributed by atoms with E-state index in [9.17, 15) is 9.59 Å². The van der Waals surface area contributed by atoms with Crippen LogP contribution in [-0.2, 0) is 23.8 Å². The summed E-state index contributed by atoms with van der Waals surface area (Å²) in [5, 5.41) is 3.36. The molecule has 3 fully saturated rings. The summed E-state index contributed by atoms with van der Waals surface area (Å²) in [4.78, 5) is 25.3. The molecule has 6 nitrogen and oxygen atoms in total. The fourth-order valence-corrected chi connectivity index (χ4v) is 4.29. The number of nitrogens with one attached hydrogen (secondary N) is 1. The van der Waals surface area contributed by atoms with Gasteiger partial charge in [0.1, 0.15) is 5.54 Å². The number of ketones is 1.